The van der Waals surface area contributed by atoms with Crippen LogP contribution in [-0.2, 0) is 7.05 Å². The minimum atomic E-state index is -0.704. The van der Waals surface area contributed by atoms with Gasteiger partial charge in [-0.1, -0.05) is 12.1 Å². The molecule has 1 fully saturated rings. The van der Waals surface area contributed by atoms with Crippen LogP contribution in [0, 0.1) is 11.6 Å². The molecule has 4 rings (SSSR count). The van der Waals surface area contributed by atoms with Crippen LogP contribution in [0.2, 0.25) is 0 Å². The molecule has 1 aliphatic heterocycles. The molecule has 0 spiro atoms. The van der Waals surface area contributed by atoms with Crippen molar-refractivity contribution < 1.29 is 13.6 Å². The Bertz CT molecular complexity index is 1100. The van der Waals surface area contributed by atoms with Crippen molar-refractivity contribution in [2.24, 2.45) is 12.8 Å². The maximum atomic E-state index is 14.3. The number of hydrogen-bond acceptors (Lipinski definition) is 5. The molecule has 3 aromatic rings. The summed E-state index contributed by atoms with van der Waals surface area (Å²) in [6, 6.07) is 8.29. The molecule has 0 bridgehead atoms. The lowest BCUT2D eigenvalue weighted by atomic mass is 10.1. The number of aromatic nitrogens is 3. The molecule has 7 nitrogen and oxygen atoms in total. The van der Waals surface area contributed by atoms with Gasteiger partial charge >= 0.3 is 0 Å². The van der Waals surface area contributed by atoms with Gasteiger partial charge in [-0.15, -0.1) is 0 Å². The standard InChI is InChI=1S/C22H24F2N6O/c1-29-22(30-11-4-5-14(25)10-12-30)19(13-26-29)28-21(31)18-9-8-17(24)20(27-18)15-6-2-3-7-16(15)23/h2-3,6-9,13-14H,4-5,10-12,25H2,1H3,(H,28,31)/t14-/m0/s1. The van der Waals surface area contributed by atoms with Crippen LogP contribution < -0.4 is 16.0 Å². The first-order chi connectivity index (χ1) is 14.9. The van der Waals surface area contributed by atoms with Crippen LogP contribution in [0.3, 0.4) is 0 Å². The second kappa shape index (κ2) is 8.81. The first-order valence-corrected chi connectivity index (χ1v) is 10.2. The van der Waals surface area contributed by atoms with E-state index >= 15 is 0 Å². The summed E-state index contributed by atoms with van der Waals surface area (Å²) >= 11 is 0. The van der Waals surface area contributed by atoms with Crippen molar-refractivity contribution in [1.29, 1.82) is 0 Å². The van der Waals surface area contributed by atoms with Crippen molar-refractivity contribution in [1.82, 2.24) is 14.8 Å². The Balaban J connectivity index is 1.60. The molecule has 0 unspecified atom stereocenters. The quantitative estimate of drug-likeness (QED) is 0.668. The monoisotopic (exact) mass is 426 g/mol. The maximum absolute atomic E-state index is 14.3. The predicted molar refractivity (Wildman–Crippen MR) is 115 cm³/mol. The fourth-order valence-electron chi connectivity index (χ4n) is 3.83. The fourth-order valence-corrected chi connectivity index (χ4v) is 3.83. The highest BCUT2D eigenvalue weighted by molar-refractivity contribution is 6.04. The molecule has 1 aromatic carbocycles. The third-order valence-electron chi connectivity index (χ3n) is 5.44. The molecule has 0 aliphatic carbocycles. The largest absolute Gasteiger partial charge is 0.355 e. The van der Waals surface area contributed by atoms with Gasteiger partial charge in [0.15, 0.2) is 5.82 Å². The highest BCUT2D eigenvalue weighted by atomic mass is 19.1. The van der Waals surface area contributed by atoms with Crippen LogP contribution in [0.1, 0.15) is 29.8 Å². The number of amides is 1. The number of pyridine rings is 1. The number of nitrogens with zero attached hydrogens (tertiary/aromatic N) is 4. The Morgan fingerprint density at radius 3 is 2.74 bits per heavy atom. The van der Waals surface area contributed by atoms with Crippen LogP contribution in [0.15, 0.2) is 42.6 Å². The molecule has 1 atom stereocenters. The first kappa shape index (κ1) is 20.9. The number of halogens is 2. The fraction of sp³-hybridized carbons (Fsp3) is 0.318. The Hall–Kier alpha value is -3.33. The van der Waals surface area contributed by atoms with Crippen molar-refractivity contribution in [3.63, 3.8) is 0 Å². The molecule has 3 N–H and O–H groups in total. The van der Waals surface area contributed by atoms with Crippen LogP contribution in [0.5, 0.6) is 0 Å². The molecule has 3 heterocycles. The summed E-state index contributed by atoms with van der Waals surface area (Å²) in [5.41, 5.74) is 6.38. The maximum Gasteiger partial charge on any atom is 0.274 e. The number of benzene rings is 1. The number of rotatable bonds is 4. The lowest BCUT2D eigenvalue weighted by molar-refractivity contribution is 0.102. The number of hydrogen-bond donors (Lipinski definition) is 2. The molecule has 1 aliphatic rings. The van der Waals surface area contributed by atoms with E-state index in [1.807, 2.05) is 7.05 Å². The number of nitrogens with one attached hydrogen (secondary N) is 1. The van der Waals surface area contributed by atoms with Gasteiger partial charge in [0.25, 0.3) is 5.91 Å². The van der Waals surface area contributed by atoms with Gasteiger partial charge in [-0.3, -0.25) is 9.48 Å². The zero-order valence-electron chi connectivity index (χ0n) is 17.2. The molecule has 162 valence electrons. The van der Waals surface area contributed by atoms with E-state index in [-0.39, 0.29) is 23.0 Å². The lowest BCUT2D eigenvalue weighted by Gasteiger charge is -2.24. The van der Waals surface area contributed by atoms with Crippen molar-refractivity contribution in [3.8, 4) is 11.3 Å². The van der Waals surface area contributed by atoms with E-state index < -0.39 is 17.5 Å². The van der Waals surface area contributed by atoms with E-state index in [4.69, 9.17) is 5.73 Å². The predicted octanol–water partition coefficient (Wildman–Crippen LogP) is 3.33. The molecule has 1 amide bonds. The Labute approximate surface area is 178 Å². The average Bonchev–Trinajstić information content (AvgIpc) is 2.97. The zero-order chi connectivity index (χ0) is 22.0. The normalized spacial score (nSPS) is 16.8. The SMILES string of the molecule is Cn1ncc(NC(=O)c2ccc(F)c(-c3ccccc3F)n2)c1N1CCC[C@H](N)CC1. The van der Waals surface area contributed by atoms with Crippen LogP contribution in [-0.4, -0.2) is 39.8 Å². The second-order valence-corrected chi connectivity index (χ2v) is 7.64. The van der Waals surface area contributed by atoms with Crippen molar-refractivity contribution in [2.45, 2.75) is 25.3 Å². The highest BCUT2D eigenvalue weighted by Gasteiger charge is 2.22. The molecule has 9 heteroatoms. The van der Waals surface area contributed by atoms with Gasteiger partial charge in [-0.25, -0.2) is 13.8 Å². The van der Waals surface area contributed by atoms with Gasteiger partial charge in [0.05, 0.1) is 6.20 Å². The molecule has 0 saturated carbocycles. The van der Waals surface area contributed by atoms with Crippen molar-refractivity contribution in [2.75, 3.05) is 23.3 Å². The topological polar surface area (TPSA) is 89.1 Å². The van der Waals surface area contributed by atoms with Gasteiger partial charge in [-0.05, 0) is 43.5 Å². The number of carbonyl (C=O) groups excluding carboxylic acids is 1. The van der Waals surface area contributed by atoms with Gasteiger partial charge in [0, 0.05) is 31.7 Å². The van der Waals surface area contributed by atoms with Gasteiger partial charge in [0.2, 0.25) is 0 Å². The molecule has 31 heavy (non-hydrogen) atoms. The number of carbonyl (C=O) groups is 1. The van der Waals surface area contributed by atoms with E-state index in [2.05, 4.69) is 20.3 Å². The van der Waals surface area contributed by atoms with E-state index in [0.29, 0.717) is 5.69 Å². The van der Waals surface area contributed by atoms with E-state index in [9.17, 15) is 13.6 Å². The van der Waals surface area contributed by atoms with E-state index in [0.717, 1.165) is 44.2 Å². The molecule has 2 aromatic heterocycles. The van der Waals surface area contributed by atoms with E-state index in [1.165, 1.54) is 24.3 Å². The third-order valence-corrected chi connectivity index (χ3v) is 5.44. The summed E-state index contributed by atoms with van der Waals surface area (Å²) in [7, 11) is 1.81. The minimum absolute atomic E-state index is 0.00220. The summed E-state index contributed by atoms with van der Waals surface area (Å²) in [4.78, 5) is 19.1. The number of anilines is 2. The average molecular weight is 426 g/mol. The number of aryl methyl sites for hydroxylation is 1. The van der Waals surface area contributed by atoms with Crippen molar-refractivity contribution >= 4 is 17.4 Å². The Morgan fingerprint density at radius 2 is 1.94 bits per heavy atom. The molecular formula is C22H24F2N6O. The summed E-state index contributed by atoms with van der Waals surface area (Å²) in [6.45, 7) is 1.57. The van der Waals surface area contributed by atoms with Gasteiger partial charge in [0.1, 0.15) is 28.7 Å². The Kier molecular flexibility index (Phi) is 5.94. The summed E-state index contributed by atoms with van der Waals surface area (Å²) < 4.78 is 30.1. The highest BCUT2D eigenvalue weighted by Crippen LogP contribution is 2.28. The molecular weight excluding hydrogens is 402 g/mol. The third kappa shape index (κ3) is 4.41. The minimum Gasteiger partial charge on any atom is -0.355 e. The molecule has 0 radical (unpaired) electrons. The zero-order valence-corrected chi connectivity index (χ0v) is 17.2. The first-order valence-electron chi connectivity index (χ1n) is 10.2. The van der Waals surface area contributed by atoms with Crippen LogP contribution in [0.4, 0.5) is 20.3 Å². The van der Waals surface area contributed by atoms with Crippen LogP contribution in [0.25, 0.3) is 11.3 Å². The van der Waals surface area contributed by atoms with E-state index in [1.54, 1.807) is 16.9 Å². The van der Waals surface area contributed by atoms with Crippen molar-refractivity contribution in [3.05, 3.63) is 59.9 Å². The lowest BCUT2D eigenvalue weighted by Crippen LogP contribution is -2.29. The van der Waals surface area contributed by atoms with Gasteiger partial charge in [-0.2, -0.15) is 5.10 Å². The van der Waals surface area contributed by atoms with Gasteiger partial charge < -0.3 is 16.0 Å². The Morgan fingerprint density at radius 1 is 1.13 bits per heavy atom. The summed E-state index contributed by atoms with van der Waals surface area (Å²) in [5, 5.41) is 7.09. The second-order valence-electron chi connectivity index (χ2n) is 7.64. The summed E-state index contributed by atoms with van der Waals surface area (Å²) in [5.74, 6) is -1.07. The smallest absolute Gasteiger partial charge is 0.274 e. The summed E-state index contributed by atoms with van der Waals surface area (Å²) in [6.07, 6.45) is 4.32. The molecule has 1 saturated heterocycles. The number of nitrogens with two attached hydrogens (primary N) is 1. The van der Waals surface area contributed by atoms with Crippen LogP contribution >= 0.6 is 0 Å².